The number of rotatable bonds is 1. The number of ether oxygens (including phenoxy) is 2. The molecule has 0 aromatic carbocycles. The normalized spacial score (nSPS) is 57.1. The van der Waals surface area contributed by atoms with Crippen LogP contribution < -0.4 is 0 Å². The van der Waals surface area contributed by atoms with Gasteiger partial charge in [-0.05, 0) is 101 Å². The molecule has 0 aromatic heterocycles. The van der Waals surface area contributed by atoms with Gasteiger partial charge in [0.15, 0.2) is 17.2 Å². The summed E-state index contributed by atoms with van der Waals surface area (Å²) in [5.41, 5.74) is -0.548. The van der Waals surface area contributed by atoms with Crippen LogP contribution in [0.4, 0.5) is 0 Å². The maximum absolute atomic E-state index is 13.1. The first-order chi connectivity index (χ1) is 13.0. The number of Topliss-reactive ketones (excluding diaryl/α,β-unsaturated/α-hetero) is 1. The van der Waals surface area contributed by atoms with Crippen molar-refractivity contribution in [2.45, 2.75) is 110 Å². The van der Waals surface area contributed by atoms with Crippen molar-refractivity contribution in [3.05, 3.63) is 0 Å². The highest BCUT2D eigenvalue weighted by Crippen LogP contribution is 2.71. The summed E-state index contributed by atoms with van der Waals surface area (Å²) in [6, 6.07) is 0. The third kappa shape index (κ3) is 2.26. The van der Waals surface area contributed by atoms with Gasteiger partial charge in [-0.1, -0.05) is 13.8 Å². The Morgan fingerprint density at radius 1 is 0.964 bits per heavy atom. The number of ketones is 1. The molecule has 0 spiro atoms. The van der Waals surface area contributed by atoms with Crippen LogP contribution in [0.3, 0.4) is 0 Å². The lowest BCUT2D eigenvalue weighted by Crippen LogP contribution is -2.60. The molecule has 158 valence electrons. The fourth-order valence-corrected chi connectivity index (χ4v) is 8.98. The lowest BCUT2D eigenvalue weighted by Gasteiger charge is -2.61. The van der Waals surface area contributed by atoms with E-state index in [1.165, 1.54) is 19.3 Å². The molecule has 4 nitrogen and oxygen atoms in total. The summed E-state index contributed by atoms with van der Waals surface area (Å²) < 4.78 is 12.9. The van der Waals surface area contributed by atoms with Gasteiger partial charge < -0.3 is 14.6 Å². The topological polar surface area (TPSA) is 55.8 Å². The fraction of sp³-hybridized carbons (Fsp3) is 0.958. The molecule has 1 N–H and O–H groups in total. The second-order valence-corrected chi connectivity index (χ2v) is 11.7. The third-order valence-corrected chi connectivity index (χ3v) is 10.2. The molecule has 0 bridgehead atoms. The molecule has 1 heterocycles. The van der Waals surface area contributed by atoms with Gasteiger partial charge in [-0.2, -0.15) is 0 Å². The van der Waals surface area contributed by atoms with E-state index in [-0.39, 0.29) is 23.4 Å². The number of aliphatic hydroxyl groups excluding tert-OH is 1. The largest absolute Gasteiger partial charge is 0.393 e. The first-order valence-corrected chi connectivity index (χ1v) is 11.6. The molecule has 1 saturated heterocycles. The van der Waals surface area contributed by atoms with E-state index in [0.717, 1.165) is 32.1 Å². The maximum Gasteiger partial charge on any atom is 0.164 e. The van der Waals surface area contributed by atoms with Crippen LogP contribution in [-0.2, 0) is 14.3 Å². The summed E-state index contributed by atoms with van der Waals surface area (Å²) >= 11 is 0. The molecule has 0 radical (unpaired) electrons. The number of fused-ring (bicyclic) bond motifs is 7. The molecule has 4 saturated carbocycles. The lowest BCUT2D eigenvalue weighted by molar-refractivity contribution is -0.219. The van der Waals surface area contributed by atoms with E-state index >= 15 is 0 Å². The van der Waals surface area contributed by atoms with Gasteiger partial charge in [0.2, 0.25) is 0 Å². The van der Waals surface area contributed by atoms with Crippen LogP contribution in [0, 0.1) is 34.5 Å². The summed E-state index contributed by atoms with van der Waals surface area (Å²) in [5.74, 6) is 2.02. The molecule has 4 aliphatic carbocycles. The summed E-state index contributed by atoms with van der Waals surface area (Å²) in [7, 11) is 0. The first-order valence-electron chi connectivity index (χ1n) is 11.6. The number of carbonyl (C=O) groups is 1. The first kappa shape index (κ1) is 19.5. The van der Waals surface area contributed by atoms with E-state index in [4.69, 9.17) is 9.47 Å². The predicted octanol–water partition coefficient (Wildman–Crippen LogP) is 4.48. The van der Waals surface area contributed by atoms with E-state index < -0.39 is 11.4 Å². The van der Waals surface area contributed by atoms with Crippen molar-refractivity contribution in [3.63, 3.8) is 0 Å². The van der Waals surface area contributed by atoms with Crippen LogP contribution in [-0.4, -0.2) is 34.5 Å². The lowest BCUT2D eigenvalue weighted by atomic mass is 9.44. The van der Waals surface area contributed by atoms with Gasteiger partial charge in [0.25, 0.3) is 0 Å². The van der Waals surface area contributed by atoms with E-state index in [1.54, 1.807) is 6.92 Å². The van der Waals surface area contributed by atoms with Gasteiger partial charge in [-0.15, -0.1) is 0 Å². The van der Waals surface area contributed by atoms with Crippen LogP contribution in [0.1, 0.15) is 86.0 Å². The van der Waals surface area contributed by atoms with Gasteiger partial charge in [-0.25, -0.2) is 0 Å². The Labute approximate surface area is 169 Å². The second-order valence-electron chi connectivity index (χ2n) is 11.7. The van der Waals surface area contributed by atoms with E-state index in [0.29, 0.717) is 29.1 Å². The van der Waals surface area contributed by atoms with Gasteiger partial charge >= 0.3 is 0 Å². The zero-order valence-corrected chi connectivity index (χ0v) is 18.3. The molecule has 5 fully saturated rings. The predicted molar refractivity (Wildman–Crippen MR) is 107 cm³/mol. The molecule has 1 aliphatic heterocycles. The van der Waals surface area contributed by atoms with Crippen molar-refractivity contribution in [1.29, 1.82) is 0 Å². The summed E-state index contributed by atoms with van der Waals surface area (Å²) in [5, 5.41) is 10.2. The quantitative estimate of drug-likeness (QED) is 0.717. The summed E-state index contributed by atoms with van der Waals surface area (Å²) in [6.07, 6.45) is 8.57. The molecular formula is C24H38O4. The van der Waals surface area contributed by atoms with Gasteiger partial charge in [-0.3, -0.25) is 4.79 Å². The Kier molecular flexibility index (Phi) is 4.06. The highest BCUT2D eigenvalue weighted by atomic mass is 16.8. The zero-order chi connectivity index (χ0) is 20.1. The van der Waals surface area contributed by atoms with Crippen molar-refractivity contribution in [2.24, 2.45) is 34.5 Å². The Balaban J connectivity index is 1.50. The monoisotopic (exact) mass is 390 g/mol. The minimum absolute atomic E-state index is 0.0978. The van der Waals surface area contributed by atoms with Crippen molar-refractivity contribution in [3.8, 4) is 0 Å². The van der Waals surface area contributed by atoms with Crippen molar-refractivity contribution < 1.29 is 19.4 Å². The van der Waals surface area contributed by atoms with E-state index in [1.807, 2.05) is 13.8 Å². The van der Waals surface area contributed by atoms with E-state index in [9.17, 15) is 9.90 Å². The summed E-state index contributed by atoms with van der Waals surface area (Å²) in [6.45, 7) is 10.5. The van der Waals surface area contributed by atoms with Crippen molar-refractivity contribution in [2.75, 3.05) is 0 Å². The fourth-order valence-electron chi connectivity index (χ4n) is 8.98. The van der Waals surface area contributed by atoms with Crippen molar-refractivity contribution >= 4 is 5.78 Å². The molecule has 0 unspecified atom stereocenters. The Morgan fingerprint density at radius 2 is 1.71 bits per heavy atom. The van der Waals surface area contributed by atoms with Crippen LogP contribution in [0.2, 0.25) is 0 Å². The van der Waals surface area contributed by atoms with Crippen LogP contribution in [0.25, 0.3) is 0 Å². The molecule has 9 atom stereocenters. The third-order valence-electron chi connectivity index (χ3n) is 10.2. The smallest absolute Gasteiger partial charge is 0.164 e. The number of carbonyl (C=O) groups excluding carboxylic acids is 1. The molecule has 0 aromatic rings. The van der Waals surface area contributed by atoms with Crippen LogP contribution >= 0.6 is 0 Å². The highest BCUT2D eigenvalue weighted by Gasteiger charge is 2.75. The number of aliphatic hydroxyl groups is 1. The minimum atomic E-state index is -0.771. The maximum atomic E-state index is 13.1. The Hall–Kier alpha value is -0.450. The molecule has 4 heteroatoms. The summed E-state index contributed by atoms with van der Waals surface area (Å²) in [4.78, 5) is 13.1. The average Bonchev–Trinajstić information content (AvgIpc) is 3.02. The Bertz CT molecular complexity index is 688. The second kappa shape index (κ2) is 5.82. The highest BCUT2D eigenvalue weighted by molar-refractivity contribution is 5.88. The molecule has 5 rings (SSSR count). The van der Waals surface area contributed by atoms with Crippen LogP contribution in [0.15, 0.2) is 0 Å². The zero-order valence-electron chi connectivity index (χ0n) is 18.3. The molecule has 5 aliphatic rings. The van der Waals surface area contributed by atoms with E-state index in [2.05, 4.69) is 13.8 Å². The average molecular weight is 391 g/mol. The molecular weight excluding hydrogens is 352 g/mol. The van der Waals surface area contributed by atoms with Crippen LogP contribution in [0.5, 0.6) is 0 Å². The van der Waals surface area contributed by atoms with Crippen molar-refractivity contribution in [1.82, 2.24) is 0 Å². The SMILES string of the molecule is CC(=O)[C@]12OC(C)(C)O[C@H]1C[C@@H]1[C@H]3CC[C@H]4C[C@@H](O)CC[C@]4(C)[C@@H]3CC[C@@]12C. The number of hydrogen-bond acceptors (Lipinski definition) is 4. The number of hydrogen-bond donors (Lipinski definition) is 1. The Morgan fingerprint density at radius 3 is 2.43 bits per heavy atom. The standard InChI is InChI=1S/C24H38O4/c1-14(25)24-20(27-21(2,3)28-24)13-19-17-7-6-15-12-16(26)8-10-22(15,4)18(17)9-11-23(19,24)5/h15-20,26H,6-13H2,1-5H3/t15-,16-,17-,18+,19+,20-,22-,23-,24-/m0/s1. The molecule has 28 heavy (non-hydrogen) atoms. The van der Waals surface area contributed by atoms with Gasteiger partial charge in [0.1, 0.15) is 0 Å². The van der Waals surface area contributed by atoms with Gasteiger partial charge in [0, 0.05) is 5.41 Å². The van der Waals surface area contributed by atoms with Gasteiger partial charge in [0.05, 0.1) is 12.2 Å². The minimum Gasteiger partial charge on any atom is -0.393 e. The molecule has 0 amide bonds.